The van der Waals surface area contributed by atoms with E-state index < -0.39 is 5.91 Å². The molecule has 1 amide bonds. The van der Waals surface area contributed by atoms with Gasteiger partial charge in [0.1, 0.15) is 11.4 Å². The highest BCUT2D eigenvalue weighted by molar-refractivity contribution is 6.31. The number of hydrogen-bond acceptors (Lipinski definition) is 3. The third-order valence-corrected chi connectivity index (χ3v) is 3.23. The van der Waals surface area contributed by atoms with Gasteiger partial charge in [0.05, 0.1) is 5.52 Å². The lowest BCUT2D eigenvalue weighted by atomic mass is 10.1. The van der Waals surface area contributed by atoms with Crippen molar-refractivity contribution in [3.63, 3.8) is 0 Å². The third-order valence-electron chi connectivity index (χ3n) is 2.99. The first kappa shape index (κ1) is 13.3. The Balaban J connectivity index is 2.01. The number of carbonyl (C=O) groups excluding carboxylic acids is 1. The maximum atomic E-state index is 12.3. The largest absolute Gasteiger partial charge is 0.360 e. The Hall–Kier alpha value is -2.66. The average molecular weight is 300 g/mol. The van der Waals surface area contributed by atoms with Gasteiger partial charge < -0.3 is 10.3 Å². The van der Waals surface area contributed by atoms with Gasteiger partial charge in [0, 0.05) is 22.8 Å². The number of nitrogens with one attached hydrogen (secondary N) is 2. The normalized spacial score (nSPS) is 10.5. The number of anilines is 1. The molecular formula is C15H10ClN3O2. The van der Waals surface area contributed by atoms with Crippen molar-refractivity contribution in [3.05, 3.63) is 69.6 Å². The summed E-state index contributed by atoms with van der Waals surface area (Å²) in [6, 6.07) is 9.97. The lowest BCUT2D eigenvalue weighted by Crippen LogP contribution is -2.22. The zero-order chi connectivity index (χ0) is 14.8. The van der Waals surface area contributed by atoms with Crippen molar-refractivity contribution in [2.24, 2.45) is 0 Å². The lowest BCUT2D eigenvalue weighted by Gasteiger charge is -2.05. The second-order valence-corrected chi connectivity index (χ2v) is 4.83. The van der Waals surface area contributed by atoms with Crippen LogP contribution in [0.2, 0.25) is 5.02 Å². The minimum Gasteiger partial charge on any atom is -0.360 e. The van der Waals surface area contributed by atoms with E-state index in [0.29, 0.717) is 21.7 Å². The maximum Gasteiger partial charge on any atom is 0.262 e. The van der Waals surface area contributed by atoms with Crippen molar-refractivity contribution in [1.82, 2.24) is 9.97 Å². The van der Waals surface area contributed by atoms with Crippen LogP contribution in [0.5, 0.6) is 0 Å². The van der Waals surface area contributed by atoms with Crippen molar-refractivity contribution in [3.8, 4) is 0 Å². The van der Waals surface area contributed by atoms with E-state index in [-0.39, 0.29) is 11.0 Å². The number of hydrogen-bond donors (Lipinski definition) is 2. The zero-order valence-electron chi connectivity index (χ0n) is 10.8. The van der Waals surface area contributed by atoms with Gasteiger partial charge in [0.15, 0.2) is 0 Å². The molecule has 0 atom stereocenters. The number of pyridine rings is 2. The molecule has 0 saturated heterocycles. The minimum atomic E-state index is -0.508. The first-order valence-electron chi connectivity index (χ1n) is 6.18. The van der Waals surface area contributed by atoms with Gasteiger partial charge in [0.25, 0.3) is 5.91 Å². The molecule has 2 N–H and O–H groups in total. The van der Waals surface area contributed by atoms with Crippen LogP contribution in [0, 0.1) is 0 Å². The molecule has 21 heavy (non-hydrogen) atoms. The predicted molar refractivity (Wildman–Crippen MR) is 81.8 cm³/mol. The van der Waals surface area contributed by atoms with E-state index in [0.717, 1.165) is 0 Å². The summed E-state index contributed by atoms with van der Waals surface area (Å²) < 4.78 is 0. The number of aromatic amines is 1. The molecule has 3 aromatic rings. The van der Waals surface area contributed by atoms with E-state index in [1.54, 1.807) is 42.6 Å². The third kappa shape index (κ3) is 2.64. The molecule has 0 unspecified atom stereocenters. The predicted octanol–water partition coefficient (Wildman–Crippen LogP) is 2.83. The molecular weight excluding hydrogens is 290 g/mol. The quantitative estimate of drug-likeness (QED) is 0.764. The van der Waals surface area contributed by atoms with Crippen LogP contribution in [-0.4, -0.2) is 15.9 Å². The minimum absolute atomic E-state index is 0.0236. The van der Waals surface area contributed by atoms with Crippen LogP contribution in [0.1, 0.15) is 10.4 Å². The van der Waals surface area contributed by atoms with Gasteiger partial charge in [-0.25, -0.2) is 4.98 Å². The fourth-order valence-corrected chi connectivity index (χ4v) is 2.16. The van der Waals surface area contributed by atoms with E-state index in [1.165, 1.54) is 6.20 Å². The van der Waals surface area contributed by atoms with Gasteiger partial charge in [-0.05, 0) is 30.3 Å². The highest BCUT2D eigenvalue weighted by Gasteiger charge is 2.13. The van der Waals surface area contributed by atoms with Gasteiger partial charge >= 0.3 is 0 Å². The molecule has 6 heteroatoms. The molecule has 0 radical (unpaired) electrons. The number of nitrogens with zero attached hydrogens (tertiary/aromatic N) is 1. The lowest BCUT2D eigenvalue weighted by molar-refractivity contribution is 0.102. The summed E-state index contributed by atoms with van der Waals surface area (Å²) in [6.45, 7) is 0. The Morgan fingerprint density at radius 3 is 2.86 bits per heavy atom. The van der Waals surface area contributed by atoms with Crippen LogP contribution in [0.3, 0.4) is 0 Å². The smallest absolute Gasteiger partial charge is 0.262 e. The Bertz CT molecular complexity index is 875. The standard InChI is InChI=1S/C15H10ClN3O2/c16-9-4-5-10-12(7-9)18-8-11(14(10)20)15(21)19-13-3-1-2-6-17-13/h1-8H,(H,18,20)(H,17,19,21). The van der Waals surface area contributed by atoms with Crippen molar-refractivity contribution < 1.29 is 4.79 Å². The number of amides is 1. The molecule has 0 spiro atoms. The number of aromatic nitrogens is 2. The molecule has 0 aliphatic rings. The van der Waals surface area contributed by atoms with Crippen LogP contribution in [0.15, 0.2) is 53.6 Å². The van der Waals surface area contributed by atoms with Gasteiger partial charge in [-0.1, -0.05) is 17.7 Å². The maximum absolute atomic E-state index is 12.3. The highest BCUT2D eigenvalue weighted by atomic mass is 35.5. The molecule has 0 aliphatic heterocycles. The van der Waals surface area contributed by atoms with E-state index in [1.807, 2.05) is 0 Å². The number of carbonyl (C=O) groups is 1. The van der Waals surface area contributed by atoms with Crippen molar-refractivity contribution in [1.29, 1.82) is 0 Å². The van der Waals surface area contributed by atoms with E-state index in [2.05, 4.69) is 15.3 Å². The van der Waals surface area contributed by atoms with Crippen molar-refractivity contribution >= 4 is 34.2 Å². The highest BCUT2D eigenvalue weighted by Crippen LogP contribution is 2.15. The number of H-pyrrole nitrogens is 1. The summed E-state index contributed by atoms with van der Waals surface area (Å²) in [4.78, 5) is 31.4. The summed E-state index contributed by atoms with van der Waals surface area (Å²) in [7, 11) is 0. The van der Waals surface area contributed by atoms with Gasteiger partial charge in [0.2, 0.25) is 5.43 Å². The van der Waals surface area contributed by atoms with Gasteiger partial charge in [-0.2, -0.15) is 0 Å². The molecule has 1 aromatic carbocycles. The first-order valence-corrected chi connectivity index (χ1v) is 6.56. The SMILES string of the molecule is O=C(Nc1ccccn1)c1c[nH]c2cc(Cl)ccc2c1=O. The summed E-state index contributed by atoms with van der Waals surface area (Å²) in [5.74, 6) is -0.120. The molecule has 5 nitrogen and oxygen atoms in total. The van der Waals surface area contributed by atoms with Crippen LogP contribution in [0.4, 0.5) is 5.82 Å². The monoisotopic (exact) mass is 299 g/mol. The Labute approximate surface area is 124 Å². The number of halogens is 1. The van der Waals surface area contributed by atoms with Crippen molar-refractivity contribution in [2.45, 2.75) is 0 Å². The second kappa shape index (κ2) is 5.38. The molecule has 0 aliphatic carbocycles. The molecule has 0 fully saturated rings. The van der Waals surface area contributed by atoms with E-state index in [9.17, 15) is 9.59 Å². The average Bonchev–Trinajstić information content (AvgIpc) is 2.48. The summed E-state index contributed by atoms with van der Waals surface area (Å²) in [5.41, 5.74) is 0.256. The second-order valence-electron chi connectivity index (χ2n) is 4.39. The summed E-state index contributed by atoms with van der Waals surface area (Å²) >= 11 is 5.87. The summed E-state index contributed by atoms with van der Waals surface area (Å²) in [6.07, 6.45) is 2.93. The number of fused-ring (bicyclic) bond motifs is 1. The molecule has 104 valence electrons. The van der Waals surface area contributed by atoms with Gasteiger partial charge in [-0.15, -0.1) is 0 Å². The number of rotatable bonds is 2. The Morgan fingerprint density at radius 1 is 1.24 bits per heavy atom. The first-order chi connectivity index (χ1) is 10.1. The van der Waals surface area contributed by atoms with E-state index in [4.69, 9.17) is 11.6 Å². The topological polar surface area (TPSA) is 74.8 Å². The zero-order valence-corrected chi connectivity index (χ0v) is 11.5. The molecule has 3 rings (SSSR count). The number of benzene rings is 1. The van der Waals surface area contributed by atoms with E-state index >= 15 is 0 Å². The molecule has 2 heterocycles. The Morgan fingerprint density at radius 2 is 2.10 bits per heavy atom. The summed E-state index contributed by atoms with van der Waals surface area (Å²) in [5, 5.41) is 3.51. The van der Waals surface area contributed by atoms with Crippen LogP contribution >= 0.6 is 11.6 Å². The van der Waals surface area contributed by atoms with Crippen molar-refractivity contribution in [2.75, 3.05) is 5.32 Å². The van der Waals surface area contributed by atoms with Gasteiger partial charge in [-0.3, -0.25) is 9.59 Å². The molecule has 0 saturated carbocycles. The molecule has 2 aromatic heterocycles. The Kier molecular flexibility index (Phi) is 3.41. The fraction of sp³-hybridized carbons (Fsp3) is 0. The fourth-order valence-electron chi connectivity index (χ4n) is 1.98. The van der Waals surface area contributed by atoms with Crippen LogP contribution in [-0.2, 0) is 0 Å². The van der Waals surface area contributed by atoms with Crippen LogP contribution < -0.4 is 10.7 Å². The molecule has 0 bridgehead atoms. The van der Waals surface area contributed by atoms with Crippen LogP contribution in [0.25, 0.3) is 10.9 Å².